The summed E-state index contributed by atoms with van der Waals surface area (Å²) in [4.78, 5) is 9.44. The largest absolute Gasteiger partial charge is 0.382 e. The average Bonchev–Trinajstić information content (AvgIpc) is 2.03. The van der Waals surface area contributed by atoms with Crippen LogP contribution in [0.3, 0.4) is 0 Å². The number of carbonyl (C=O) groups is 1. The van der Waals surface area contributed by atoms with Gasteiger partial charge < -0.3 is 19.0 Å². The van der Waals surface area contributed by atoms with Crippen LogP contribution in [0.5, 0.6) is 0 Å². The molecule has 0 aromatic heterocycles. The third-order valence-electron chi connectivity index (χ3n) is 0.864. The van der Waals surface area contributed by atoms with Gasteiger partial charge in [-0.05, 0) is 13.8 Å². The molecule has 80 valence electrons. The molecule has 0 aliphatic carbocycles. The van der Waals surface area contributed by atoms with E-state index in [1.807, 2.05) is 0 Å². The summed E-state index contributed by atoms with van der Waals surface area (Å²) >= 11 is 0. The third-order valence-corrected chi connectivity index (χ3v) is 0.864. The van der Waals surface area contributed by atoms with Crippen molar-refractivity contribution in [1.29, 1.82) is 0 Å². The fourth-order valence-corrected chi connectivity index (χ4v) is 0.387. The maximum atomic E-state index is 9.44. The highest BCUT2D eigenvalue weighted by atomic mass is 16.5. The topological polar surface area (TPSA) is 44.8 Å². The molecule has 0 spiro atoms. The molecule has 13 heavy (non-hydrogen) atoms. The van der Waals surface area contributed by atoms with Gasteiger partial charge in [-0.25, -0.2) is 0 Å². The maximum Gasteiger partial charge on any atom is 0.126 e. The molecule has 0 aromatic rings. The number of hydrogen-bond acceptors (Lipinski definition) is 4. The van der Waals surface area contributed by atoms with E-state index in [9.17, 15) is 4.79 Å². The van der Waals surface area contributed by atoms with Gasteiger partial charge in [-0.1, -0.05) is 0 Å². The molecular weight excluding hydrogens is 172 g/mol. The summed E-state index contributed by atoms with van der Waals surface area (Å²) in [5, 5.41) is 0. The van der Waals surface area contributed by atoms with Gasteiger partial charge in [0.05, 0.1) is 26.4 Å². The first-order chi connectivity index (χ1) is 6.15. The van der Waals surface area contributed by atoms with Gasteiger partial charge >= 0.3 is 0 Å². The van der Waals surface area contributed by atoms with E-state index in [4.69, 9.17) is 14.2 Å². The number of methoxy groups -OCH3 is 2. The molecule has 0 heterocycles. The summed E-state index contributed by atoms with van der Waals surface area (Å²) in [6, 6.07) is 0. The third kappa shape index (κ3) is 34.2. The van der Waals surface area contributed by atoms with Crippen LogP contribution >= 0.6 is 0 Å². The highest BCUT2D eigenvalue weighted by molar-refractivity contribution is 5.72. The Morgan fingerprint density at radius 3 is 1.46 bits per heavy atom. The molecule has 0 saturated carbocycles. The van der Waals surface area contributed by atoms with Crippen LogP contribution in [-0.2, 0) is 19.0 Å². The van der Waals surface area contributed by atoms with Crippen molar-refractivity contribution < 1.29 is 19.0 Å². The Morgan fingerprint density at radius 2 is 1.23 bits per heavy atom. The second-order valence-electron chi connectivity index (χ2n) is 2.51. The summed E-state index contributed by atoms with van der Waals surface area (Å²) in [6.45, 7) is 5.67. The predicted molar refractivity (Wildman–Crippen MR) is 50.9 cm³/mol. The van der Waals surface area contributed by atoms with Crippen LogP contribution in [0.25, 0.3) is 0 Å². The molecule has 0 amide bonds. The van der Waals surface area contributed by atoms with Crippen LogP contribution in [0.15, 0.2) is 0 Å². The van der Waals surface area contributed by atoms with Crippen LogP contribution in [0, 0.1) is 0 Å². The van der Waals surface area contributed by atoms with Crippen LogP contribution in [0.1, 0.15) is 13.8 Å². The first-order valence-corrected chi connectivity index (χ1v) is 4.18. The number of ether oxygens (including phenoxy) is 3. The van der Waals surface area contributed by atoms with Crippen molar-refractivity contribution in [3.05, 3.63) is 0 Å². The Hall–Kier alpha value is -0.450. The lowest BCUT2D eigenvalue weighted by atomic mass is 10.6. The van der Waals surface area contributed by atoms with Gasteiger partial charge in [0.1, 0.15) is 5.78 Å². The quantitative estimate of drug-likeness (QED) is 0.586. The standard InChI is InChI=1S/C6H14O3.C3H6O/c1-7-3-5-9-6-4-8-2;1-3(2)4/h3-6H2,1-2H3;1-2H3. The molecule has 0 saturated heterocycles. The number of carbonyl (C=O) groups excluding carboxylic acids is 1. The Balaban J connectivity index is 0. The van der Waals surface area contributed by atoms with Crippen molar-refractivity contribution in [2.75, 3.05) is 40.6 Å². The number of hydrogen-bond donors (Lipinski definition) is 0. The van der Waals surface area contributed by atoms with Crippen LogP contribution in [-0.4, -0.2) is 46.4 Å². The van der Waals surface area contributed by atoms with E-state index in [1.54, 1.807) is 14.2 Å². The Morgan fingerprint density at radius 1 is 0.923 bits per heavy atom. The molecule has 0 unspecified atom stereocenters. The lowest BCUT2D eigenvalue weighted by Gasteiger charge is -2.00. The molecule has 4 nitrogen and oxygen atoms in total. The zero-order valence-corrected chi connectivity index (χ0v) is 8.96. The summed E-state index contributed by atoms with van der Waals surface area (Å²) in [7, 11) is 3.30. The molecule has 0 radical (unpaired) electrons. The SMILES string of the molecule is CC(C)=O.COCCOCCOC. The first kappa shape index (κ1) is 15.0. The van der Waals surface area contributed by atoms with Gasteiger partial charge in [0.15, 0.2) is 0 Å². The number of rotatable bonds is 6. The van der Waals surface area contributed by atoms with Gasteiger partial charge in [-0.15, -0.1) is 0 Å². The molecule has 0 N–H and O–H groups in total. The molecule has 0 aliphatic heterocycles. The second kappa shape index (κ2) is 14.1. The molecule has 0 bridgehead atoms. The molecule has 0 atom stereocenters. The van der Waals surface area contributed by atoms with Crippen molar-refractivity contribution in [3.8, 4) is 0 Å². The maximum absolute atomic E-state index is 9.44. The van der Waals surface area contributed by atoms with Gasteiger partial charge in [0, 0.05) is 14.2 Å². The second-order valence-corrected chi connectivity index (χ2v) is 2.51. The summed E-state index contributed by atoms with van der Waals surface area (Å²) in [6.07, 6.45) is 0. The lowest BCUT2D eigenvalue weighted by molar-refractivity contribution is -0.114. The molecule has 0 rings (SSSR count). The number of ketones is 1. The normalized spacial score (nSPS) is 8.92. The van der Waals surface area contributed by atoms with E-state index in [-0.39, 0.29) is 5.78 Å². The Kier molecular flexibility index (Phi) is 16.3. The van der Waals surface area contributed by atoms with E-state index in [1.165, 1.54) is 13.8 Å². The number of Topliss-reactive ketones (excluding diaryl/α,β-unsaturated/α-hetero) is 1. The minimum Gasteiger partial charge on any atom is -0.382 e. The molecule has 0 aliphatic rings. The highest BCUT2D eigenvalue weighted by Gasteiger charge is 1.84. The van der Waals surface area contributed by atoms with Gasteiger partial charge in [0.25, 0.3) is 0 Å². The van der Waals surface area contributed by atoms with E-state index >= 15 is 0 Å². The smallest absolute Gasteiger partial charge is 0.126 e. The highest BCUT2D eigenvalue weighted by Crippen LogP contribution is 1.75. The summed E-state index contributed by atoms with van der Waals surface area (Å²) < 4.78 is 14.6. The van der Waals surface area contributed by atoms with Gasteiger partial charge in [-0.2, -0.15) is 0 Å². The lowest BCUT2D eigenvalue weighted by Crippen LogP contribution is -2.06. The monoisotopic (exact) mass is 192 g/mol. The average molecular weight is 192 g/mol. The van der Waals surface area contributed by atoms with Crippen LogP contribution in [0.2, 0.25) is 0 Å². The van der Waals surface area contributed by atoms with Crippen LogP contribution < -0.4 is 0 Å². The van der Waals surface area contributed by atoms with Crippen LogP contribution in [0.4, 0.5) is 0 Å². The zero-order chi connectivity index (χ0) is 10.5. The Labute approximate surface area is 80.2 Å². The van der Waals surface area contributed by atoms with E-state index < -0.39 is 0 Å². The minimum absolute atomic E-state index is 0.167. The van der Waals surface area contributed by atoms with E-state index in [0.29, 0.717) is 26.4 Å². The van der Waals surface area contributed by atoms with E-state index in [2.05, 4.69) is 0 Å². The van der Waals surface area contributed by atoms with Crippen molar-refractivity contribution in [3.63, 3.8) is 0 Å². The van der Waals surface area contributed by atoms with Crippen molar-refractivity contribution in [1.82, 2.24) is 0 Å². The zero-order valence-electron chi connectivity index (χ0n) is 8.96. The molecule has 0 fully saturated rings. The fourth-order valence-electron chi connectivity index (χ4n) is 0.387. The van der Waals surface area contributed by atoms with Crippen molar-refractivity contribution in [2.24, 2.45) is 0 Å². The van der Waals surface area contributed by atoms with Gasteiger partial charge in [-0.3, -0.25) is 0 Å². The first-order valence-electron chi connectivity index (χ1n) is 4.18. The molecular formula is C9H20O4. The van der Waals surface area contributed by atoms with Crippen molar-refractivity contribution in [2.45, 2.75) is 13.8 Å². The predicted octanol–water partition coefficient (Wildman–Crippen LogP) is 0.891. The Bertz CT molecular complexity index is 93.8. The minimum atomic E-state index is 0.167. The van der Waals surface area contributed by atoms with E-state index in [0.717, 1.165) is 0 Å². The molecule has 0 aromatic carbocycles. The van der Waals surface area contributed by atoms with Crippen molar-refractivity contribution >= 4 is 5.78 Å². The summed E-state index contributed by atoms with van der Waals surface area (Å²) in [5.74, 6) is 0.167. The molecule has 4 heteroatoms. The summed E-state index contributed by atoms with van der Waals surface area (Å²) in [5.41, 5.74) is 0. The fraction of sp³-hybridized carbons (Fsp3) is 0.889. The van der Waals surface area contributed by atoms with Gasteiger partial charge in [0.2, 0.25) is 0 Å².